The number of aliphatic hydroxyl groups excluding tert-OH is 1. The second-order valence-corrected chi connectivity index (χ2v) is 6.73. The number of ether oxygens (including phenoxy) is 2. The molecular weight excluding hydrogens is 382 g/mol. The first-order valence-corrected chi connectivity index (χ1v) is 8.84. The van der Waals surface area contributed by atoms with Crippen LogP contribution in [0.15, 0.2) is 41.5 Å². The molecule has 3 atom stereocenters. The number of nitrogens with zero attached hydrogens (tertiary/aromatic N) is 3. The molecule has 0 spiro atoms. The molecule has 5 N–H and O–H groups in total. The van der Waals surface area contributed by atoms with Crippen LogP contribution in [0.1, 0.15) is 18.2 Å². The van der Waals surface area contributed by atoms with Gasteiger partial charge in [0, 0.05) is 6.42 Å². The highest BCUT2D eigenvalue weighted by atomic mass is 16.6. The molecule has 4 rings (SSSR count). The van der Waals surface area contributed by atoms with Crippen molar-refractivity contribution < 1.29 is 24.5 Å². The van der Waals surface area contributed by atoms with E-state index >= 15 is 0 Å². The van der Waals surface area contributed by atoms with Crippen LogP contribution in [0.3, 0.4) is 0 Å². The maximum absolute atomic E-state index is 12.6. The minimum absolute atomic E-state index is 0.0328. The molecular formula is C18H19N5O6. The lowest BCUT2D eigenvalue weighted by Crippen LogP contribution is -2.48. The average molecular weight is 401 g/mol. The Labute approximate surface area is 163 Å². The van der Waals surface area contributed by atoms with E-state index in [0.29, 0.717) is 0 Å². The van der Waals surface area contributed by atoms with Gasteiger partial charge in [0.1, 0.15) is 18.9 Å². The van der Waals surface area contributed by atoms with Crippen molar-refractivity contribution in [1.29, 1.82) is 0 Å². The van der Waals surface area contributed by atoms with Gasteiger partial charge in [-0.05, 0) is 5.56 Å². The van der Waals surface area contributed by atoms with Gasteiger partial charge in [0.25, 0.3) is 5.56 Å². The van der Waals surface area contributed by atoms with Gasteiger partial charge in [-0.2, -0.15) is 4.98 Å². The Balaban J connectivity index is 1.58. The molecule has 0 unspecified atom stereocenters. The zero-order valence-corrected chi connectivity index (χ0v) is 15.2. The fourth-order valence-corrected chi connectivity index (χ4v) is 3.32. The second-order valence-electron chi connectivity index (χ2n) is 6.73. The summed E-state index contributed by atoms with van der Waals surface area (Å²) in [5.74, 6) is -1.03. The lowest BCUT2D eigenvalue weighted by molar-refractivity contribution is -0.175. The maximum atomic E-state index is 12.6. The van der Waals surface area contributed by atoms with Gasteiger partial charge in [-0.1, -0.05) is 30.3 Å². The Kier molecular flexibility index (Phi) is 4.78. The number of carbonyl (C=O) groups excluding carboxylic acids is 1. The van der Waals surface area contributed by atoms with Crippen molar-refractivity contribution in [2.45, 2.75) is 31.0 Å². The fraction of sp³-hybridized carbons (Fsp3) is 0.333. The van der Waals surface area contributed by atoms with Crippen molar-refractivity contribution in [3.8, 4) is 0 Å². The second kappa shape index (κ2) is 7.28. The SMILES string of the molecule is Nc1nc2c(ncn2[C@H]2C[C@@](O)(C(=O)OCc3ccccc3)[C@@H](CO)O2)c(=O)[nH]1. The zero-order chi connectivity index (χ0) is 20.6. The van der Waals surface area contributed by atoms with Gasteiger partial charge < -0.3 is 25.4 Å². The number of rotatable bonds is 5. The van der Waals surface area contributed by atoms with Gasteiger partial charge in [0.15, 0.2) is 16.8 Å². The van der Waals surface area contributed by atoms with E-state index in [2.05, 4.69) is 15.0 Å². The van der Waals surface area contributed by atoms with Gasteiger partial charge in [-0.15, -0.1) is 0 Å². The Morgan fingerprint density at radius 1 is 1.41 bits per heavy atom. The summed E-state index contributed by atoms with van der Waals surface area (Å²) in [5.41, 5.74) is 3.89. The molecule has 3 aromatic rings. The lowest BCUT2D eigenvalue weighted by atomic mass is 9.95. The molecule has 1 aliphatic heterocycles. The van der Waals surface area contributed by atoms with Gasteiger partial charge >= 0.3 is 5.97 Å². The number of esters is 1. The molecule has 0 amide bonds. The quantitative estimate of drug-likeness (QED) is 0.411. The summed E-state index contributed by atoms with van der Waals surface area (Å²) in [7, 11) is 0. The number of imidazole rings is 1. The van der Waals surface area contributed by atoms with E-state index in [1.807, 2.05) is 6.07 Å². The third kappa shape index (κ3) is 3.35. The van der Waals surface area contributed by atoms with E-state index in [1.54, 1.807) is 24.3 Å². The average Bonchev–Trinajstić information content (AvgIpc) is 3.28. The van der Waals surface area contributed by atoms with Crippen molar-refractivity contribution in [3.63, 3.8) is 0 Å². The number of aromatic amines is 1. The number of aliphatic hydroxyl groups is 2. The predicted octanol–water partition coefficient (Wildman–Crippen LogP) is -0.544. The lowest BCUT2D eigenvalue weighted by Gasteiger charge is -2.24. The normalized spacial score (nSPS) is 24.1. The first-order valence-electron chi connectivity index (χ1n) is 8.84. The number of nitrogen functional groups attached to an aromatic ring is 1. The summed E-state index contributed by atoms with van der Waals surface area (Å²) in [6.07, 6.45) is -1.08. The summed E-state index contributed by atoms with van der Waals surface area (Å²) < 4.78 is 12.3. The largest absolute Gasteiger partial charge is 0.459 e. The Hall–Kier alpha value is -3.28. The molecule has 0 aliphatic carbocycles. The van der Waals surface area contributed by atoms with Gasteiger partial charge in [0.2, 0.25) is 5.95 Å². The highest BCUT2D eigenvalue weighted by Gasteiger charge is 2.54. The van der Waals surface area contributed by atoms with Crippen LogP contribution in [0.4, 0.5) is 5.95 Å². The van der Waals surface area contributed by atoms with E-state index in [-0.39, 0.29) is 30.1 Å². The molecule has 3 heterocycles. The number of anilines is 1. The summed E-state index contributed by atoms with van der Waals surface area (Å²) in [6, 6.07) is 8.98. The van der Waals surface area contributed by atoms with E-state index in [4.69, 9.17) is 15.2 Å². The van der Waals surface area contributed by atoms with Crippen molar-refractivity contribution in [3.05, 3.63) is 52.6 Å². The molecule has 11 nitrogen and oxygen atoms in total. The smallest absolute Gasteiger partial charge is 0.341 e. The van der Waals surface area contributed by atoms with Crippen LogP contribution < -0.4 is 11.3 Å². The Bertz CT molecular complexity index is 1100. The number of benzene rings is 1. The maximum Gasteiger partial charge on any atom is 0.341 e. The van der Waals surface area contributed by atoms with Gasteiger partial charge in [-0.25, -0.2) is 9.78 Å². The molecule has 1 aliphatic rings. The molecule has 11 heteroatoms. The number of hydrogen-bond donors (Lipinski definition) is 4. The summed E-state index contributed by atoms with van der Waals surface area (Å²) >= 11 is 0. The van der Waals surface area contributed by atoms with Crippen LogP contribution in [0.2, 0.25) is 0 Å². The highest BCUT2D eigenvalue weighted by molar-refractivity contribution is 5.80. The monoisotopic (exact) mass is 401 g/mol. The van der Waals surface area contributed by atoms with Crippen LogP contribution in [0.25, 0.3) is 11.2 Å². The third-order valence-corrected chi connectivity index (χ3v) is 4.83. The molecule has 1 fully saturated rings. The zero-order valence-electron chi connectivity index (χ0n) is 15.2. The van der Waals surface area contributed by atoms with Crippen molar-refractivity contribution in [2.24, 2.45) is 0 Å². The standard InChI is InChI=1S/C18H19N5O6/c19-17-21-14-13(15(25)22-17)20-9-23(14)12-6-18(27,11(7-24)29-12)16(26)28-8-10-4-2-1-3-5-10/h1-5,9,11-12,24,27H,6-8H2,(H3,19,21,22,25)/t11-,12-,18+/m1/s1. The number of fused-ring (bicyclic) bond motifs is 1. The minimum Gasteiger partial charge on any atom is -0.459 e. The minimum atomic E-state index is -2.09. The van der Waals surface area contributed by atoms with Crippen LogP contribution >= 0.6 is 0 Å². The number of nitrogens with two attached hydrogens (primary N) is 1. The van der Waals surface area contributed by atoms with Gasteiger partial charge in [-0.3, -0.25) is 14.3 Å². The number of H-pyrrole nitrogens is 1. The first-order chi connectivity index (χ1) is 13.9. The molecule has 1 aromatic carbocycles. The van der Waals surface area contributed by atoms with Crippen LogP contribution in [0.5, 0.6) is 0 Å². The van der Waals surface area contributed by atoms with E-state index < -0.39 is 36.1 Å². The van der Waals surface area contributed by atoms with Crippen molar-refractivity contribution in [2.75, 3.05) is 12.3 Å². The van der Waals surface area contributed by atoms with E-state index in [0.717, 1.165) is 5.56 Å². The van der Waals surface area contributed by atoms with Crippen molar-refractivity contribution in [1.82, 2.24) is 19.5 Å². The molecule has 0 radical (unpaired) electrons. The summed E-state index contributed by atoms with van der Waals surface area (Å²) in [5, 5.41) is 20.6. The van der Waals surface area contributed by atoms with Crippen LogP contribution in [0, 0.1) is 0 Å². The fourth-order valence-electron chi connectivity index (χ4n) is 3.32. The number of nitrogens with one attached hydrogen (secondary N) is 1. The highest BCUT2D eigenvalue weighted by Crippen LogP contribution is 2.38. The van der Waals surface area contributed by atoms with Crippen LogP contribution in [-0.4, -0.2) is 54.0 Å². The Morgan fingerprint density at radius 2 is 2.17 bits per heavy atom. The Morgan fingerprint density at radius 3 is 2.90 bits per heavy atom. The molecule has 2 aromatic heterocycles. The summed E-state index contributed by atoms with van der Waals surface area (Å²) in [4.78, 5) is 34.9. The van der Waals surface area contributed by atoms with Crippen molar-refractivity contribution >= 4 is 23.1 Å². The molecule has 29 heavy (non-hydrogen) atoms. The van der Waals surface area contributed by atoms with E-state index in [1.165, 1.54) is 10.9 Å². The topological polar surface area (TPSA) is 166 Å². The third-order valence-electron chi connectivity index (χ3n) is 4.83. The number of hydrogen-bond acceptors (Lipinski definition) is 9. The molecule has 1 saturated heterocycles. The van der Waals surface area contributed by atoms with Gasteiger partial charge in [0.05, 0.1) is 12.9 Å². The first kappa shape index (κ1) is 19.1. The molecule has 0 bridgehead atoms. The summed E-state index contributed by atoms with van der Waals surface area (Å²) in [6.45, 7) is -0.650. The number of aromatic nitrogens is 4. The number of carbonyl (C=O) groups is 1. The molecule has 152 valence electrons. The van der Waals surface area contributed by atoms with E-state index in [9.17, 15) is 19.8 Å². The molecule has 0 saturated carbocycles. The predicted molar refractivity (Wildman–Crippen MR) is 99.4 cm³/mol. The van der Waals surface area contributed by atoms with Crippen LogP contribution in [-0.2, 0) is 20.9 Å².